The highest BCUT2D eigenvalue weighted by Gasteiger charge is 2.32. The van der Waals surface area contributed by atoms with Crippen LogP contribution < -0.4 is 10.6 Å². The molecule has 0 aliphatic rings. The van der Waals surface area contributed by atoms with Gasteiger partial charge >= 0.3 is 12.1 Å². The molecule has 0 aromatic heterocycles. The van der Waals surface area contributed by atoms with Crippen LogP contribution in [-0.4, -0.2) is 61.1 Å². The van der Waals surface area contributed by atoms with Gasteiger partial charge in [-0.05, 0) is 32.4 Å². The Balaban J connectivity index is 3.23. The maximum atomic E-state index is 13.1. The zero-order chi connectivity index (χ0) is 24.3. The van der Waals surface area contributed by atoms with Crippen LogP contribution in [0.1, 0.15) is 37.9 Å². The molecule has 0 fully saturated rings. The van der Waals surface area contributed by atoms with E-state index in [1.165, 1.54) is 18.1 Å². The van der Waals surface area contributed by atoms with E-state index in [-0.39, 0.29) is 6.54 Å². The average molecular weight is 444 g/mol. The van der Waals surface area contributed by atoms with E-state index in [0.717, 1.165) is 0 Å². The molecule has 0 radical (unpaired) electrons. The number of hydrogen-bond acceptors (Lipinski definition) is 6. The predicted molar refractivity (Wildman–Crippen MR) is 118 cm³/mol. The predicted octanol–water partition coefficient (Wildman–Crippen LogP) is 1.54. The Bertz CT molecular complexity index is 898. The van der Waals surface area contributed by atoms with E-state index in [1.807, 2.05) is 0 Å². The molecule has 9 nitrogen and oxygen atoms in total. The number of carbonyl (C=O) groups excluding carboxylic acids is 4. The summed E-state index contributed by atoms with van der Waals surface area (Å²) in [6, 6.07) is 5.43. The van der Waals surface area contributed by atoms with Gasteiger partial charge < -0.3 is 25.0 Å². The lowest BCUT2D eigenvalue weighted by Gasteiger charge is -2.31. The van der Waals surface area contributed by atoms with Gasteiger partial charge in [-0.15, -0.1) is 13.0 Å². The highest BCUT2D eigenvalue weighted by molar-refractivity contribution is 5.92. The minimum atomic E-state index is -1.18. The zero-order valence-electron chi connectivity index (χ0n) is 18.8. The van der Waals surface area contributed by atoms with Gasteiger partial charge in [0.2, 0.25) is 11.8 Å². The molecule has 172 valence electrons. The summed E-state index contributed by atoms with van der Waals surface area (Å²) in [5.41, 5.74) is 0.0354. The van der Waals surface area contributed by atoms with Crippen LogP contribution in [0, 0.1) is 12.3 Å². The van der Waals surface area contributed by atoms with Crippen LogP contribution in [0.3, 0.4) is 0 Å². The van der Waals surface area contributed by atoms with Crippen molar-refractivity contribution < 1.29 is 28.7 Å². The number of nitrogens with one attached hydrogen (secondary N) is 2. The van der Waals surface area contributed by atoms with Crippen LogP contribution in [0.4, 0.5) is 4.79 Å². The second-order valence-electron chi connectivity index (χ2n) is 7.62. The van der Waals surface area contributed by atoms with E-state index in [0.29, 0.717) is 11.1 Å². The molecule has 0 aliphatic carbocycles. The van der Waals surface area contributed by atoms with E-state index < -0.39 is 48.6 Å². The highest BCUT2D eigenvalue weighted by Crippen LogP contribution is 2.25. The number of rotatable bonds is 9. The summed E-state index contributed by atoms with van der Waals surface area (Å²) in [6.07, 6.45) is 6.24. The number of ether oxygens (including phenoxy) is 2. The van der Waals surface area contributed by atoms with Gasteiger partial charge in [0, 0.05) is 12.1 Å². The first-order chi connectivity index (χ1) is 15.0. The molecule has 1 aromatic carbocycles. The summed E-state index contributed by atoms with van der Waals surface area (Å²) in [4.78, 5) is 50.7. The number of methoxy groups -OCH3 is 1. The third-order valence-corrected chi connectivity index (χ3v) is 4.03. The second-order valence-corrected chi connectivity index (χ2v) is 7.62. The molecule has 1 rings (SSSR count). The van der Waals surface area contributed by atoms with Crippen LogP contribution in [0.5, 0.6) is 0 Å². The van der Waals surface area contributed by atoms with E-state index in [9.17, 15) is 19.2 Å². The summed E-state index contributed by atoms with van der Waals surface area (Å²) < 4.78 is 9.68. The van der Waals surface area contributed by atoms with Gasteiger partial charge in [0.25, 0.3) is 0 Å². The molecule has 0 heterocycles. The zero-order valence-corrected chi connectivity index (χ0v) is 18.8. The van der Waals surface area contributed by atoms with Crippen molar-refractivity contribution in [1.29, 1.82) is 0 Å². The Hall–Kier alpha value is -3.80. The van der Waals surface area contributed by atoms with Gasteiger partial charge in [-0.25, -0.2) is 4.79 Å². The van der Waals surface area contributed by atoms with Gasteiger partial charge in [-0.3, -0.25) is 14.4 Å². The van der Waals surface area contributed by atoms with Gasteiger partial charge in [-0.2, -0.15) is 0 Å². The van der Waals surface area contributed by atoms with Gasteiger partial charge in [0.15, 0.2) is 0 Å². The van der Waals surface area contributed by atoms with Crippen molar-refractivity contribution in [3.63, 3.8) is 0 Å². The van der Waals surface area contributed by atoms with Crippen LogP contribution in [0.25, 0.3) is 0 Å². The third-order valence-electron chi connectivity index (χ3n) is 4.03. The molecule has 1 unspecified atom stereocenters. The van der Waals surface area contributed by atoms with Crippen molar-refractivity contribution in [1.82, 2.24) is 15.5 Å². The van der Waals surface area contributed by atoms with Crippen molar-refractivity contribution in [2.45, 2.75) is 32.4 Å². The summed E-state index contributed by atoms with van der Waals surface area (Å²) in [6.45, 7) is 7.87. The van der Waals surface area contributed by atoms with Crippen molar-refractivity contribution in [3.05, 3.63) is 48.0 Å². The normalized spacial score (nSPS) is 11.3. The lowest BCUT2D eigenvalue weighted by Crippen LogP contribution is -2.48. The summed E-state index contributed by atoms with van der Waals surface area (Å²) >= 11 is 0. The number of terminal acetylenes is 1. The number of benzene rings is 1. The van der Waals surface area contributed by atoms with Crippen molar-refractivity contribution >= 4 is 23.9 Å². The maximum absolute atomic E-state index is 13.1. The first kappa shape index (κ1) is 26.2. The number of carbonyl (C=O) groups is 4. The Kier molecular flexibility index (Phi) is 9.96. The minimum Gasteiger partial charge on any atom is -0.468 e. The summed E-state index contributed by atoms with van der Waals surface area (Å²) in [5.74, 6) is 0.607. The molecule has 1 aromatic rings. The van der Waals surface area contributed by atoms with Crippen LogP contribution in [0.2, 0.25) is 0 Å². The number of alkyl carbamates (subject to hydrolysis) is 1. The molecule has 0 saturated heterocycles. The Morgan fingerprint density at radius 1 is 1.19 bits per heavy atom. The first-order valence-electron chi connectivity index (χ1n) is 9.81. The fourth-order valence-electron chi connectivity index (χ4n) is 2.70. The maximum Gasteiger partial charge on any atom is 0.408 e. The third kappa shape index (κ3) is 8.14. The molecule has 2 N–H and O–H groups in total. The number of nitrogens with zero attached hydrogens (tertiary/aromatic N) is 1. The molecule has 3 amide bonds. The van der Waals surface area contributed by atoms with E-state index in [1.54, 1.807) is 45.0 Å². The van der Waals surface area contributed by atoms with E-state index in [2.05, 4.69) is 27.9 Å². The fraction of sp³-hybridized carbons (Fsp3) is 0.391. The van der Waals surface area contributed by atoms with Crippen molar-refractivity contribution in [2.75, 3.05) is 26.7 Å². The number of esters is 1. The van der Waals surface area contributed by atoms with Crippen LogP contribution >= 0.6 is 0 Å². The molecule has 1 atom stereocenters. The highest BCUT2D eigenvalue weighted by atomic mass is 16.6. The summed E-state index contributed by atoms with van der Waals surface area (Å²) in [5, 5.41) is 4.83. The molecular weight excluding hydrogens is 414 g/mol. The Morgan fingerprint density at radius 2 is 1.84 bits per heavy atom. The first-order valence-corrected chi connectivity index (χ1v) is 9.81. The van der Waals surface area contributed by atoms with E-state index in [4.69, 9.17) is 11.2 Å². The van der Waals surface area contributed by atoms with Gasteiger partial charge in [0.1, 0.15) is 24.7 Å². The smallest absolute Gasteiger partial charge is 0.408 e. The molecule has 0 saturated carbocycles. The lowest BCUT2D eigenvalue weighted by atomic mass is 9.98. The average Bonchev–Trinajstić information content (AvgIpc) is 2.74. The van der Waals surface area contributed by atoms with Gasteiger partial charge in [-0.1, -0.05) is 30.2 Å². The van der Waals surface area contributed by atoms with E-state index >= 15 is 0 Å². The molecule has 0 aliphatic heterocycles. The lowest BCUT2D eigenvalue weighted by molar-refractivity contribution is -0.143. The van der Waals surface area contributed by atoms with Crippen molar-refractivity contribution in [3.8, 4) is 12.3 Å². The fourth-order valence-corrected chi connectivity index (χ4v) is 2.70. The van der Waals surface area contributed by atoms with Crippen LogP contribution in [-0.2, 0) is 23.9 Å². The minimum absolute atomic E-state index is 0.0238. The second kappa shape index (κ2) is 12.2. The van der Waals surface area contributed by atoms with Crippen molar-refractivity contribution in [2.24, 2.45) is 0 Å². The molecular formula is C23H29N3O6. The topological polar surface area (TPSA) is 114 Å². The quantitative estimate of drug-likeness (QED) is 0.340. The number of amides is 3. The molecule has 0 bridgehead atoms. The molecule has 32 heavy (non-hydrogen) atoms. The Labute approximate surface area is 188 Å². The Morgan fingerprint density at radius 3 is 2.41 bits per heavy atom. The number of hydrogen-bond donors (Lipinski definition) is 2. The largest absolute Gasteiger partial charge is 0.468 e. The standard InChI is InChI=1S/C23H29N3O6/c1-7-13-26(18(27)14-25-22(30)32-23(3,4)5)20(21(29)24-15-19(28)31-6)17-12-10-9-11-16(17)8-2/h2,7,9-12,20H,1,13-15H2,3-6H3,(H,24,29)(H,25,30). The molecule has 9 heteroatoms. The van der Waals surface area contributed by atoms with Gasteiger partial charge in [0.05, 0.1) is 7.11 Å². The summed E-state index contributed by atoms with van der Waals surface area (Å²) in [7, 11) is 1.19. The monoisotopic (exact) mass is 443 g/mol. The molecule has 0 spiro atoms. The SMILES string of the molecule is C#Cc1ccccc1C(C(=O)NCC(=O)OC)N(CC=C)C(=O)CNC(=O)OC(C)(C)C. The van der Waals surface area contributed by atoms with Crippen LogP contribution in [0.15, 0.2) is 36.9 Å².